The fraction of sp³-hybridized carbons (Fsp3) is 0.318. The van der Waals surface area contributed by atoms with E-state index in [0.29, 0.717) is 19.6 Å². The second kappa shape index (κ2) is 9.41. The van der Waals surface area contributed by atoms with Crippen molar-refractivity contribution in [3.63, 3.8) is 0 Å². The fourth-order valence-corrected chi connectivity index (χ4v) is 6.12. The van der Waals surface area contributed by atoms with Crippen LogP contribution in [0.5, 0.6) is 5.75 Å². The van der Waals surface area contributed by atoms with Crippen LogP contribution >= 0.6 is 11.3 Å². The number of rotatable bonds is 6. The first kappa shape index (κ1) is 23.7. The predicted octanol–water partition coefficient (Wildman–Crippen LogP) is 4.34. The molecule has 6 nitrogen and oxygen atoms in total. The molecule has 0 N–H and O–H groups in total. The third kappa shape index (κ3) is 5.21. The van der Waals surface area contributed by atoms with Gasteiger partial charge in [0.15, 0.2) is 0 Å². The first-order chi connectivity index (χ1) is 15.7. The normalized spacial score (nSPS) is 16.1. The topological polar surface area (TPSA) is 62.7 Å². The number of thiazole rings is 1. The minimum absolute atomic E-state index is 0.115. The van der Waals surface area contributed by atoms with Crippen molar-refractivity contribution in [2.75, 3.05) is 33.3 Å². The van der Waals surface area contributed by atoms with Gasteiger partial charge in [-0.1, -0.05) is 12.1 Å². The van der Waals surface area contributed by atoms with Crippen molar-refractivity contribution < 1.29 is 26.3 Å². The number of piperazine rings is 1. The summed E-state index contributed by atoms with van der Waals surface area (Å²) >= 11 is 1.52. The Labute approximate surface area is 194 Å². The molecule has 11 heteroatoms. The molecule has 33 heavy (non-hydrogen) atoms. The lowest BCUT2D eigenvalue weighted by Crippen LogP contribution is -2.48. The fourth-order valence-electron chi connectivity index (χ4n) is 3.67. The highest BCUT2D eigenvalue weighted by atomic mass is 32.2. The van der Waals surface area contributed by atoms with Crippen LogP contribution in [0.1, 0.15) is 11.3 Å². The standard InChI is InChI=1S/C22H22F3N3O3S2/c1-31-18-8-6-16(7-9-18)21-26-17(15-32-21)14-27-10-12-28(13-11-27)33(29,30)20-5-3-2-4-19(20)22(23,24)25/h2-9,15H,10-14H2,1H3. The maximum absolute atomic E-state index is 13.3. The van der Waals surface area contributed by atoms with E-state index in [2.05, 4.69) is 9.88 Å². The number of alkyl halides is 3. The van der Waals surface area contributed by atoms with Gasteiger partial charge in [-0.3, -0.25) is 4.90 Å². The number of hydrogen-bond acceptors (Lipinski definition) is 6. The van der Waals surface area contributed by atoms with Crippen LogP contribution in [-0.2, 0) is 22.7 Å². The maximum Gasteiger partial charge on any atom is 0.417 e. The number of sulfonamides is 1. The van der Waals surface area contributed by atoms with Gasteiger partial charge in [0.05, 0.1) is 23.3 Å². The van der Waals surface area contributed by atoms with Crippen LogP contribution in [0.25, 0.3) is 10.6 Å². The Hall–Kier alpha value is -2.47. The van der Waals surface area contributed by atoms with Crippen molar-refractivity contribution in [1.29, 1.82) is 0 Å². The van der Waals surface area contributed by atoms with E-state index in [1.54, 1.807) is 7.11 Å². The van der Waals surface area contributed by atoms with Gasteiger partial charge >= 0.3 is 6.18 Å². The third-order valence-electron chi connectivity index (χ3n) is 5.42. The SMILES string of the molecule is COc1ccc(-c2nc(CN3CCN(S(=O)(=O)c4ccccc4C(F)(F)F)CC3)cs2)cc1. The summed E-state index contributed by atoms with van der Waals surface area (Å²) in [5.41, 5.74) is 0.705. The second-order valence-electron chi connectivity index (χ2n) is 7.55. The number of methoxy groups -OCH3 is 1. The van der Waals surface area contributed by atoms with Gasteiger partial charge in [0.1, 0.15) is 10.8 Å². The number of benzene rings is 2. The summed E-state index contributed by atoms with van der Waals surface area (Å²) in [6.45, 7) is 1.58. The van der Waals surface area contributed by atoms with Crippen molar-refractivity contribution in [3.8, 4) is 16.3 Å². The minimum Gasteiger partial charge on any atom is -0.497 e. The number of ether oxygens (including phenoxy) is 1. The van der Waals surface area contributed by atoms with Crippen LogP contribution in [-0.4, -0.2) is 55.9 Å². The van der Waals surface area contributed by atoms with Crippen LogP contribution in [0, 0.1) is 0 Å². The van der Waals surface area contributed by atoms with E-state index in [1.165, 1.54) is 23.5 Å². The molecule has 2 aromatic carbocycles. The maximum atomic E-state index is 13.3. The number of halogens is 3. The average Bonchev–Trinajstić information content (AvgIpc) is 3.27. The summed E-state index contributed by atoms with van der Waals surface area (Å²) in [6, 6.07) is 11.9. The molecular weight excluding hydrogens is 475 g/mol. The molecule has 0 atom stereocenters. The highest BCUT2D eigenvalue weighted by Crippen LogP contribution is 2.35. The number of aromatic nitrogens is 1. The highest BCUT2D eigenvalue weighted by Gasteiger charge is 2.39. The lowest BCUT2D eigenvalue weighted by atomic mass is 10.2. The molecule has 176 valence electrons. The largest absolute Gasteiger partial charge is 0.497 e. The van der Waals surface area contributed by atoms with Crippen LogP contribution in [0.3, 0.4) is 0 Å². The Morgan fingerprint density at radius 1 is 1.03 bits per heavy atom. The molecule has 1 aliphatic rings. The summed E-state index contributed by atoms with van der Waals surface area (Å²) in [5, 5.41) is 2.83. The first-order valence-corrected chi connectivity index (χ1v) is 12.5. The van der Waals surface area contributed by atoms with E-state index in [0.717, 1.165) is 38.5 Å². The lowest BCUT2D eigenvalue weighted by Gasteiger charge is -2.34. The minimum atomic E-state index is -4.74. The molecule has 0 aliphatic carbocycles. The molecule has 3 aromatic rings. The molecule has 0 saturated carbocycles. The summed E-state index contributed by atoms with van der Waals surface area (Å²) in [6.07, 6.45) is -4.74. The van der Waals surface area contributed by atoms with Gasteiger partial charge in [-0.2, -0.15) is 17.5 Å². The monoisotopic (exact) mass is 497 g/mol. The van der Waals surface area contributed by atoms with Gasteiger partial charge in [-0.15, -0.1) is 11.3 Å². The van der Waals surface area contributed by atoms with E-state index < -0.39 is 26.7 Å². The van der Waals surface area contributed by atoms with E-state index in [9.17, 15) is 21.6 Å². The molecule has 4 rings (SSSR count). The third-order valence-corrected chi connectivity index (χ3v) is 8.31. The zero-order valence-electron chi connectivity index (χ0n) is 17.7. The first-order valence-electron chi connectivity index (χ1n) is 10.2. The van der Waals surface area contributed by atoms with Crippen LogP contribution in [0.2, 0.25) is 0 Å². The van der Waals surface area contributed by atoms with Gasteiger partial charge in [0.2, 0.25) is 10.0 Å². The predicted molar refractivity (Wildman–Crippen MR) is 120 cm³/mol. The molecule has 0 amide bonds. The van der Waals surface area contributed by atoms with Crippen molar-refractivity contribution >= 4 is 21.4 Å². The number of nitrogens with zero attached hydrogens (tertiary/aromatic N) is 3. The van der Waals surface area contributed by atoms with E-state index >= 15 is 0 Å². The second-order valence-corrected chi connectivity index (χ2v) is 10.3. The molecule has 1 fully saturated rings. The summed E-state index contributed by atoms with van der Waals surface area (Å²) in [4.78, 5) is 6.01. The van der Waals surface area contributed by atoms with Gasteiger partial charge in [0, 0.05) is 43.7 Å². The molecule has 1 aliphatic heterocycles. The number of hydrogen-bond donors (Lipinski definition) is 0. The van der Waals surface area contributed by atoms with Gasteiger partial charge < -0.3 is 4.74 Å². The van der Waals surface area contributed by atoms with Crippen molar-refractivity contribution in [3.05, 3.63) is 65.2 Å². The summed E-state index contributed by atoms with van der Waals surface area (Å²) < 4.78 is 72.0. The Balaban J connectivity index is 1.40. The molecule has 2 heterocycles. The van der Waals surface area contributed by atoms with Gasteiger partial charge in [-0.25, -0.2) is 13.4 Å². The smallest absolute Gasteiger partial charge is 0.417 e. The average molecular weight is 498 g/mol. The molecule has 0 radical (unpaired) electrons. The Morgan fingerprint density at radius 3 is 2.33 bits per heavy atom. The Morgan fingerprint density at radius 2 is 1.70 bits per heavy atom. The molecule has 1 aromatic heterocycles. The van der Waals surface area contributed by atoms with Gasteiger partial charge in [0.25, 0.3) is 0 Å². The molecular formula is C22H22F3N3O3S2. The summed E-state index contributed by atoms with van der Waals surface area (Å²) in [7, 11) is -2.64. The van der Waals surface area contributed by atoms with Crippen LogP contribution < -0.4 is 4.74 Å². The van der Waals surface area contributed by atoms with Crippen LogP contribution in [0.4, 0.5) is 13.2 Å². The Bertz CT molecular complexity index is 1200. The Kier molecular flexibility index (Phi) is 6.76. The lowest BCUT2D eigenvalue weighted by molar-refractivity contribution is -0.139. The van der Waals surface area contributed by atoms with Crippen molar-refractivity contribution in [1.82, 2.24) is 14.2 Å². The quantitative estimate of drug-likeness (QED) is 0.507. The molecule has 1 saturated heterocycles. The molecule has 0 unspecified atom stereocenters. The molecule has 0 spiro atoms. The van der Waals surface area contributed by atoms with E-state index in [4.69, 9.17) is 4.74 Å². The van der Waals surface area contributed by atoms with Crippen molar-refractivity contribution in [2.45, 2.75) is 17.6 Å². The zero-order chi connectivity index (χ0) is 23.6. The van der Waals surface area contributed by atoms with E-state index in [1.807, 2.05) is 29.6 Å². The van der Waals surface area contributed by atoms with Crippen molar-refractivity contribution in [2.24, 2.45) is 0 Å². The van der Waals surface area contributed by atoms with Gasteiger partial charge in [-0.05, 0) is 36.4 Å². The zero-order valence-corrected chi connectivity index (χ0v) is 19.4. The van der Waals surface area contributed by atoms with E-state index in [-0.39, 0.29) is 13.1 Å². The molecule has 0 bridgehead atoms. The van der Waals surface area contributed by atoms with Crippen LogP contribution in [0.15, 0.2) is 58.8 Å². The highest BCUT2D eigenvalue weighted by molar-refractivity contribution is 7.89. The summed E-state index contributed by atoms with van der Waals surface area (Å²) in [5.74, 6) is 0.765.